The Labute approximate surface area is 126 Å². The fourth-order valence-corrected chi connectivity index (χ4v) is 2.09. The van der Waals surface area contributed by atoms with Gasteiger partial charge in [0.25, 0.3) is 5.91 Å². The molecule has 3 nitrogen and oxygen atoms in total. The molecule has 0 atom stereocenters. The Balaban J connectivity index is 2.48. The van der Waals surface area contributed by atoms with Gasteiger partial charge in [0.15, 0.2) is 11.6 Å². The zero-order chi connectivity index (χ0) is 14.9. The Morgan fingerprint density at radius 3 is 2.55 bits per heavy atom. The first kappa shape index (κ1) is 14.7. The molecule has 0 heterocycles. The van der Waals surface area contributed by atoms with Gasteiger partial charge in [0, 0.05) is 9.50 Å². The topological polar surface area (TPSA) is 52.3 Å². The molecule has 0 fully saturated rings. The van der Waals surface area contributed by atoms with Crippen molar-refractivity contribution in [3.8, 4) is 11.5 Å². The summed E-state index contributed by atoms with van der Waals surface area (Å²) in [4.78, 5) is 11.3. The molecule has 0 spiro atoms. The molecule has 2 aromatic carbocycles. The first-order valence-corrected chi connectivity index (χ1v) is 6.47. The van der Waals surface area contributed by atoms with Crippen molar-refractivity contribution in [2.45, 2.75) is 0 Å². The summed E-state index contributed by atoms with van der Waals surface area (Å²) < 4.78 is 32.4. The maximum absolute atomic E-state index is 13.6. The molecule has 0 aromatic heterocycles. The lowest BCUT2D eigenvalue weighted by atomic mass is 10.2. The molecule has 0 saturated carbocycles. The van der Waals surface area contributed by atoms with Gasteiger partial charge in [-0.05, 0) is 30.3 Å². The number of primary amides is 1. The number of hydrogen-bond donors (Lipinski definition) is 1. The van der Waals surface area contributed by atoms with Crippen LogP contribution in [0.5, 0.6) is 11.5 Å². The third kappa shape index (κ3) is 3.08. The Hall–Kier alpha value is -1.66. The summed E-state index contributed by atoms with van der Waals surface area (Å²) in [6.07, 6.45) is 0. The van der Waals surface area contributed by atoms with Gasteiger partial charge in [-0.1, -0.05) is 27.5 Å². The molecule has 2 N–H and O–H groups in total. The molecule has 0 radical (unpaired) electrons. The highest BCUT2D eigenvalue weighted by atomic mass is 79.9. The number of hydrogen-bond acceptors (Lipinski definition) is 2. The normalized spacial score (nSPS) is 10.4. The standard InChI is InChI=1S/C13H7BrClF2NO2/c14-6-3-9(16)12(17)11(4-6)20-10-2-1-7(15)5-8(10)13(18)19/h1-5H,(H2,18,19). The first-order chi connectivity index (χ1) is 9.38. The van der Waals surface area contributed by atoms with Gasteiger partial charge in [0.1, 0.15) is 5.75 Å². The maximum atomic E-state index is 13.6. The van der Waals surface area contributed by atoms with E-state index in [1.165, 1.54) is 24.3 Å². The van der Waals surface area contributed by atoms with Crippen LogP contribution in [0.25, 0.3) is 0 Å². The van der Waals surface area contributed by atoms with Crippen molar-refractivity contribution in [2.24, 2.45) is 5.73 Å². The fourth-order valence-electron chi connectivity index (χ4n) is 1.51. The van der Waals surface area contributed by atoms with Crippen molar-refractivity contribution in [1.82, 2.24) is 0 Å². The average molecular weight is 363 g/mol. The lowest BCUT2D eigenvalue weighted by Gasteiger charge is -2.11. The van der Waals surface area contributed by atoms with E-state index in [1.54, 1.807) is 0 Å². The third-order valence-electron chi connectivity index (χ3n) is 2.39. The molecule has 0 unspecified atom stereocenters. The largest absolute Gasteiger partial charge is 0.453 e. The van der Waals surface area contributed by atoms with E-state index in [0.29, 0.717) is 4.47 Å². The van der Waals surface area contributed by atoms with Crippen LogP contribution < -0.4 is 10.5 Å². The van der Waals surface area contributed by atoms with Crippen LogP contribution in [0.15, 0.2) is 34.8 Å². The molecule has 0 aliphatic carbocycles. The zero-order valence-electron chi connectivity index (χ0n) is 9.79. The molecular weight excluding hydrogens is 356 g/mol. The van der Waals surface area contributed by atoms with Crippen molar-refractivity contribution >= 4 is 33.4 Å². The maximum Gasteiger partial charge on any atom is 0.252 e. The molecule has 2 aromatic rings. The smallest absolute Gasteiger partial charge is 0.252 e. The average Bonchev–Trinajstić information content (AvgIpc) is 2.37. The van der Waals surface area contributed by atoms with Crippen LogP contribution in [0, 0.1) is 11.6 Å². The van der Waals surface area contributed by atoms with Crippen LogP contribution in [0.1, 0.15) is 10.4 Å². The summed E-state index contributed by atoms with van der Waals surface area (Å²) in [6.45, 7) is 0. The molecule has 0 bridgehead atoms. The number of rotatable bonds is 3. The minimum absolute atomic E-state index is 0.0155. The molecule has 2 rings (SSSR count). The SMILES string of the molecule is NC(=O)c1cc(Cl)ccc1Oc1cc(Br)cc(F)c1F. The Morgan fingerprint density at radius 1 is 1.20 bits per heavy atom. The third-order valence-corrected chi connectivity index (χ3v) is 3.08. The van der Waals surface area contributed by atoms with Crippen molar-refractivity contribution in [1.29, 1.82) is 0 Å². The highest BCUT2D eigenvalue weighted by Gasteiger charge is 2.16. The van der Waals surface area contributed by atoms with Crippen LogP contribution in [0.2, 0.25) is 5.02 Å². The van der Waals surface area contributed by atoms with Crippen LogP contribution in [0.4, 0.5) is 8.78 Å². The van der Waals surface area contributed by atoms with Crippen molar-refractivity contribution in [3.05, 3.63) is 57.0 Å². The van der Waals surface area contributed by atoms with E-state index in [1.807, 2.05) is 0 Å². The van der Waals surface area contributed by atoms with E-state index >= 15 is 0 Å². The van der Waals surface area contributed by atoms with E-state index < -0.39 is 17.5 Å². The monoisotopic (exact) mass is 361 g/mol. The van der Waals surface area contributed by atoms with Gasteiger partial charge < -0.3 is 10.5 Å². The molecule has 104 valence electrons. The molecule has 7 heteroatoms. The number of halogens is 4. The Kier molecular flexibility index (Phi) is 4.25. The molecule has 20 heavy (non-hydrogen) atoms. The molecule has 1 amide bonds. The molecule has 0 aliphatic rings. The van der Waals surface area contributed by atoms with Crippen molar-refractivity contribution < 1.29 is 18.3 Å². The lowest BCUT2D eigenvalue weighted by molar-refractivity contribution is 0.0998. The van der Waals surface area contributed by atoms with E-state index in [4.69, 9.17) is 22.1 Å². The molecule has 0 aliphatic heterocycles. The fraction of sp³-hybridized carbons (Fsp3) is 0. The van der Waals surface area contributed by atoms with Crippen LogP contribution >= 0.6 is 27.5 Å². The summed E-state index contributed by atoms with van der Waals surface area (Å²) in [5.74, 6) is -3.43. The van der Waals surface area contributed by atoms with Gasteiger partial charge >= 0.3 is 0 Å². The second-order valence-electron chi connectivity index (χ2n) is 3.81. The molecular formula is C13H7BrClF2NO2. The van der Waals surface area contributed by atoms with Crippen LogP contribution in [0.3, 0.4) is 0 Å². The number of nitrogens with two attached hydrogens (primary N) is 1. The summed E-state index contributed by atoms with van der Waals surface area (Å²) >= 11 is 8.76. The number of ether oxygens (including phenoxy) is 1. The van der Waals surface area contributed by atoms with E-state index in [2.05, 4.69) is 15.9 Å². The summed E-state index contributed by atoms with van der Waals surface area (Å²) in [7, 11) is 0. The predicted molar refractivity (Wildman–Crippen MR) is 74.1 cm³/mol. The first-order valence-electron chi connectivity index (χ1n) is 5.30. The van der Waals surface area contributed by atoms with Gasteiger partial charge in [0.05, 0.1) is 5.56 Å². The van der Waals surface area contributed by atoms with Gasteiger partial charge in [-0.2, -0.15) is 4.39 Å². The molecule has 0 saturated heterocycles. The Bertz CT molecular complexity index is 694. The highest BCUT2D eigenvalue weighted by Crippen LogP contribution is 2.32. The number of carbonyl (C=O) groups is 1. The quantitative estimate of drug-likeness (QED) is 0.829. The highest BCUT2D eigenvalue weighted by molar-refractivity contribution is 9.10. The minimum atomic E-state index is -1.17. The number of carbonyl (C=O) groups excluding carboxylic acids is 1. The van der Waals surface area contributed by atoms with E-state index in [0.717, 1.165) is 6.07 Å². The Morgan fingerprint density at radius 2 is 1.90 bits per heavy atom. The van der Waals surface area contributed by atoms with E-state index in [-0.39, 0.29) is 22.1 Å². The minimum Gasteiger partial charge on any atom is -0.453 e. The van der Waals surface area contributed by atoms with Crippen molar-refractivity contribution in [2.75, 3.05) is 0 Å². The summed E-state index contributed by atoms with van der Waals surface area (Å²) in [5, 5.41) is 0.270. The number of benzene rings is 2. The summed E-state index contributed by atoms with van der Waals surface area (Å²) in [5.41, 5.74) is 5.15. The second-order valence-corrected chi connectivity index (χ2v) is 5.16. The zero-order valence-corrected chi connectivity index (χ0v) is 12.1. The lowest BCUT2D eigenvalue weighted by Crippen LogP contribution is -2.12. The van der Waals surface area contributed by atoms with E-state index in [9.17, 15) is 13.6 Å². The predicted octanol–water partition coefficient (Wildman–Crippen LogP) is 4.27. The van der Waals surface area contributed by atoms with Gasteiger partial charge in [-0.15, -0.1) is 0 Å². The van der Waals surface area contributed by atoms with Crippen LogP contribution in [-0.2, 0) is 0 Å². The van der Waals surface area contributed by atoms with Gasteiger partial charge in [-0.25, -0.2) is 4.39 Å². The van der Waals surface area contributed by atoms with Crippen LogP contribution in [-0.4, -0.2) is 5.91 Å². The number of amides is 1. The van der Waals surface area contributed by atoms with Gasteiger partial charge in [-0.3, -0.25) is 4.79 Å². The second kappa shape index (κ2) is 5.76. The summed E-state index contributed by atoms with van der Waals surface area (Å²) in [6, 6.07) is 6.26. The van der Waals surface area contributed by atoms with Gasteiger partial charge in [0.2, 0.25) is 5.82 Å². The van der Waals surface area contributed by atoms with Crippen molar-refractivity contribution in [3.63, 3.8) is 0 Å².